The lowest BCUT2D eigenvalue weighted by atomic mass is 10.1. The van der Waals surface area contributed by atoms with Gasteiger partial charge in [-0.3, -0.25) is 0 Å². The van der Waals surface area contributed by atoms with Gasteiger partial charge >= 0.3 is 0 Å². The third-order valence-corrected chi connectivity index (χ3v) is 2.89. The molecular formula is C14H14N4. The van der Waals surface area contributed by atoms with Gasteiger partial charge in [0.05, 0.1) is 0 Å². The summed E-state index contributed by atoms with van der Waals surface area (Å²) in [6.45, 7) is 0. The van der Waals surface area contributed by atoms with Crippen LogP contribution in [0.25, 0.3) is 5.65 Å². The van der Waals surface area contributed by atoms with Crippen LogP contribution < -0.4 is 5.73 Å². The Balaban J connectivity index is 1.79. The topological polar surface area (TPSA) is 56.2 Å². The largest absolute Gasteiger partial charge is 0.399 e. The van der Waals surface area contributed by atoms with Gasteiger partial charge in [0.25, 0.3) is 0 Å². The lowest BCUT2D eigenvalue weighted by Crippen LogP contribution is -1.94. The Morgan fingerprint density at radius 1 is 1.06 bits per heavy atom. The molecule has 0 spiro atoms. The van der Waals surface area contributed by atoms with Gasteiger partial charge in [-0.15, -0.1) is 0 Å². The molecule has 90 valence electrons. The first-order valence-corrected chi connectivity index (χ1v) is 5.96. The molecule has 0 saturated carbocycles. The van der Waals surface area contributed by atoms with Crippen molar-refractivity contribution in [3.05, 3.63) is 60.0 Å². The van der Waals surface area contributed by atoms with Crippen molar-refractivity contribution in [3.63, 3.8) is 0 Å². The molecule has 3 aromatic rings. The smallest absolute Gasteiger partial charge is 0.157 e. The normalized spacial score (nSPS) is 10.9. The number of nitrogens with zero attached hydrogens (tertiary/aromatic N) is 3. The lowest BCUT2D eigenvalue weighted by molar-refractivity contribution is 0.837. The zero-order chi connectivity index (χ0) is 12.4. The van der Waals surface area contributed by atoms with Crippen molar-refractivity contribution in [2.75, 3.05) is 5.73 Å². The van der Waals surface area contributed by atoms with Crippen LogP contribution in [0.5, 0.6) is 0 Å². The molecule has 0 aliphatic heterocycles. The Morgan fingerprint density at radius 3 is 2.72 bits per heavy atom. The molecule has 0 amide bonds. The van der Waals surface area contributed by atoms with Crippen molar-refractivity contribution >= 4 is 11.3 Å². The fourth-order valence-corrected chi connectivity index (χ4v) is 1.95. The third-order valence-electron chi connectivity index (χ3n) is 2.89. The van der Waals surface area contributed by atoms with E-state index < -0.39 is 0 Å². The number of aromatic nitrogens is 3. The summed E-state index contributed by atoms with van der Waals surface area (Å²) in [5.74, 6) is 0.851. The second kappa shape index (κ2) is 4.49. The van der Waals surface area contributed by atoms with E-state index in [0.29, 0.717) is 5.69 Å². The van der Waals surface area contributed by atoms with Crippen LogP contribution in [0, 0.1) is 0 Å². The summed E-state index contributed by atoms with van der Waals surface area (Å²) in [6, 6.07) is 14.0. The number of anilines is 1. The lowest BCUT2D eigenvalue weighted by Gasteiger charge is -1.96. The predicted molar refractivity (Wildman–Crippen MR) is 71.2 cm³/mol. The van der Waals surface area contributed by atoms with Crippen LogP contribution in [0.4, 0.5) is 5.69 Å². The van der Waals surface area contributed by atoms with Crippen LogP contribution in [-0.2, 0) is 12.8 Å². The Bertz CT molecular complexity index is 658. The van der Waals surface area contributed by atoms with Crippen molar-refractivity contribution in [2.24, 2.45) is 0 Å². The van der Waals surface area contributed by atoms with E-state index in [9.17, 15) is 0 Å². The average molecular weight is 238 g/mol. The first-order valence-electron chi connectivity index (χ1n) is 5.96. The fourth-order valence-electron chi connectivity index (χ4n) is 1.95. The Hall–Kier alpha value is -2.36. The monoisotopic (exact) mass is 238 g/mol. The highest BCUT2D eigenvalue weighted by molar-refractivity contribution is 5.50. The molecule has 0 unspecified atom stereocenters. The first kappa shape index (κ1) is 10.8. The number of pyridine rings is 1. The van der Waals surface area contributed by atoms with E-state index in [1.165, 1.54) is 5.56 Å². The molecule has 0 atom stereocenters. The molecule has 0 bridgehead atoms. The molecule has 3 rings (SSSR count). The van der Waals surface area contributed by atoms with Gasteiger partial charge < -0.3 is 5.73 Å². The van der Waals surface area contributed by atoms with Gasteiger partial charge in [-0.25, -0.2) is 9.50 Å². The molecule has 0 radical (unpaired) electrons. The molecule has 0 aliphatic rings. The zero-order valence-electron chi connectivity index (χ0n) is 9.95. The van der Waals surface area contributed by atoms with Crippen molar-refractivity contribution in [1.29, 1.82) is 0 Å². The molecule has 0 aliphatic carbocycles. The van der Waals surface area contributed by atoms with Gasteiger partial charge in [-0.1, -0.05) is 30.3 Å². The minimum Gasteiger partial charge on any atom is -0.399 e. The molecule has 4 nitrogen and oxygen atoms in total. The van der Waals surface area contributed by atoms with Gasteiger partial charge in [0.2, 0.25) is 0 Å². The maximum atomic E-state index is 5.72. The van der Waals surface area contributed by atoms with Crippen LogP contribution in [0.1, 0.15) is 11.4 Å². The van der Waals surface area contributed by atoms with Crippen molar-refractivity contribution in [2.45, 2.75) is 12.8 Å². The van der Waals surface area contributed by atoms with Crippen LogP contribution in [0.2, 0.25) is 0 Å². The van der Waals surface area contributed by atoms with Gasteiger partial charge in [0.1, 0.15) is 0 Å². The predicted octanol–water partition coefficient (Wildman–Crippen LogP) is 2.10. The Morgan fingerprint density at radius 2 is 1.89 bits per heavy atom. The summed E-state index contributed by atoms with van der Waals surface area (Å²) in [5, 5.41) is 4.42. The van der Waals surface area contributed by atoms with E-state index >= 15 is 0 Å². The Labute approximate surface area is 105 Å². The summed E-state index contributed by atoms with van der Waals surface area (Å²) in [7, 11) is 0. The maximum absolute atomic E-state index is 5.72. The van der Waals surface area contributed by atoms with Crippen molar-refractivity contribution in [3.8, 4) is 0 Å². The SMILES string of the molecule is Nc1ccn2nc(CCc3ccccc3)nc2c1. The molecule has 2 N–H and O–H groups in total. The summed E-state index contributed by atoms with van der Waals surface area (Å²) >= 11 is 0. The summed E-state index contributed by atoms with van der Waals surface area (Å²) < 4.78 is 1.76. The third kappa shape index (κ3) is 2.18. The number of aryl methyl sites for hydroxylation is 2. The van der Waals surface area contributed by atoms with Crippen LogP contribution in [-0.4, -0.2) is 14.6 Å². The van der Waals surface area contributed by atoms with Gasteiger partial charge in [-0.2, -0.15) is 5.10 Å². The standard InChI is InChI=1S/C14H14N4/c15-12-8-9-18-14(10-12)16-13(17-18)7-6-11-4-2-1-3-5-11/h1-5,8-10H,6-7,15H2. The number of fused-ring (bicyclic) bond motifs is 1. The van der Waals surface area contributed by atoms with E-state index in [2.05, 4.69) is 22.2 Å². The number of hydrogen-bond donors (Lipinski definition) is 1. The van der Waals surface area contributed by atoms with Crippen molar-refractivity contribution in [1.82, 2.24) is 14.6 Å². The maximum Gasteiger partial charge on any atom is 0.157 e. The summed E-state index contributed by atoms with van der Waals surface area (Å²) in [5.41, 5.74) is 8.54. The fraction of sp³-hybridized carbons (Fsp3) is 0.143. The highest BCUT2D eigenvalue weighted by atomic mass is 15.3. The van der Waals surface area contributed by atoms with Crippen LogP contribution >= 0.6 is 0 Å². The second-order valence-corrected chi connectivity index (χ2v) is 4.28. The minimum atomic E-state index is 0.713. The number of rotatable bonds is 3. The molecule has 2 heterocycles. The van der Waals surface area contributed by atoms with E-state index in [1.807, 2.05) is 36.5 Å². The highest BCUT2D eigenvalue weighted by Gasteiger charge is 2.04. The van der Waals surface area contributed by atoms with E-state index in [4.69, 9.17) is 5.73 Å². The molecule has 4 heteroatoms. The minimum absolute atomic E-state index is 0.713. The molecule has 0 fully saturated rings. The van der Waals surface area contributed by atoms with E-state index in [0.717, 1.165) is 24.3 Å². The molecule has 18 heavy (non-hydrogen) atoms. The molecule has 2 aromatic heterocycles. The number of benzene rings is 1. The van der Waals surface area contributed by atoms with E-state index in [1.54, 1.807) is 4.52 Å². The summed E-state index contributed by atoms with van der Waals surface area (Å²) in [4.78, 5) is 4.46. The first-order chi connectivity index (χ1) is 8.81. The van der Waals surface area contributed by atoms with Gasteiger partial charge in [0.15, 0.2) is 11.5 Å². The number of hydrogen-bond acceptors (Lipinski definition) is 3. The van der Waals surface area contributed by atoms with Crippen molar-refractivity contribution < 1.29 is 0 Å². The van der Waals surface area contributed by atoms with Gasteiger partial charge in [0, 0.05) is 24.4 Å². The Kier molecular flexibility index (Phi) is 2.68. The second-order valence-electron chi connectivity index (χ2n) is 4.28. The highest BCUT2D eigenvalue weighted by Crippen LogP contribution is 2.09. The van der Waals surface area contributed by atoms with Gasteiger partial charge in [-0.05, 0) is 18.1 Å². The average Bonchev–Trinajstić information content (AvgIpc) is 2.79. The van der Waals surface area contributed by atoms with Crippen LogP contribution in [0.15, 0.2) is 48.7 Å². The molecule has 1 aromatic carbocycles. The van der Waals surface area contributed by atoms with Crippen LogP contribution in [0.3, 0.4) is 0 Å². The number of nitrogens with two attached hydrogens (primary N) is 1. The summed E-state index contributed by atoms with van der Waals surface area (Å²) in [6.07, 6.45) is 3.63. The van der Waals surface area contributed by atoms with E-state index in [-0.39, 0.29) is 0 Å². The molecule has 0 saturated heterocycles. The number of nitrogen functional groups attached to an aromatic ring is 1. The zero-order valence-corrected chi connectivity index (χ0v) is 9.95. The quantitative estimate of drug-likeness (QED) is 0.760. The molecular weight excluding hydrogens is 224 g/mol.